The molecule has 3 aromatic carbocycles. The zero-order valence-electron chi connectivity index (χ0n) is 18.5. The summed E-state index contributed by atoms with van der Waals surface area (Å²) in [5.41, 5.74) is 4.89. The number of pyridine rings is 1. The average molecular weight is 423 g/mol. The van der Waals surface area contributed by atoms with Crippen molar-refractivity contribution in [3.8, 4) is 0 Å². The van der Waals surface area contributed by atoms with Gasteiger partial charge in [0.25, 0.3) is 0 Å². The molecule has 3 heteroatoms. The van der Waals surface area contributed by atoms with Gasteiger partial charge in [0, 0.05) is 23.7 Å². The normalized spacial score (nSPS) is 18.2. The fourth-order valence-electron chi connectivity index (χ4n) is 4.89. The fourth-order valence-corrected chi connectivity index (χ4v) is 4.89. The lowest BCUT2D eigenvalue weighted by atomic mass is 9.79. The quantitative estimate of drug-likeness (QED) is 0.359. The summed E-state index contributed by atoms with van der Waals surface area (Å²) < 4.78 is 14.9. The molecule has 0 N–H and O–H groups in total. The number of halogens is 1. The predicted molar refractivity (Wildman–Crippen MR) is 130 cm³/mol. The van der Waals surface area contributed by atoms with Gasteiger partial charge < -0.3 is 0 Å². The summed E-state index contributed by atoms with van der Waals surface area (Å²) in [4.78, 5) is 7.20. The fraction of sp³-hybridized carbons (Fsp3) is 0.207. The summed E-state index contributed by atoms with van der Waals surface area (Å²) in [7, 11) is 0. The van der Waals surface area contributed by atoms with Crippen molar-refractivity contribution in [2.75, 3.05) is 6.54 Å². The van der Waals surface area contributed by atoms with Crippen molar-refractivity contribution in [1.82, 2.24) is 9.88 Å². The van der Waals surface area contributed by atoms with E-state index in [2.05, 4.69) is 61.2 Å². The summed E-state index contributed by atoms with van der Waals surface area (Å²) in [6.07, 6.45) is 7.00. The molecule has 0 spiro atoms. The molecule has 0 fully saturated rings. The van der Waals surface area contributed by atoms with Crippen molar-refractivity contribution in [1.29, 1.82) is 0 Å². The van der Waals surface area contributed by atoms with Gasteiger partial charge in [0.1, 0.15) is 5.82 Å². The van der Waals surface area contributed by atoms with Gasteiger partial charge in [-0.3, -0.25) is 9.88 Å². The highest BCUT2D eigenvalue weighted by Gasteiger charge is 2.40. The zero-order valence-corrected chi connectivity index (χ0v) is 18.5. The third-order valence-electron chi connectivity index (χ3n) is 6.49. The van der Waals surface area contributed by atoms with E-state index in [4.69, 9.17) is 4.98 Å². The van der Waals surface area contributed by atoms with Crippen molar-refractivity contribution >= 4 is 17.0 Å². The Morgan fingerprint density at radius 1 is 1.00 bits per heavy atom. The maximum atomic E-state index is 14.9. The summed E-state index contributed by atoms with van der Waals surface area (Å²) in [6.45, 7) is 5.18. The number of hydrogen-bond donors (Lipinski definition) is 0. The van der Waals surface area contributed by atoms with Crippen molar-refractivity contribution in [2.24, 2.45) is 0 Å². The van der Waals surface area contributed by atoms with Crippen LogP contribution in [0.2, 0.25) is 0 Å². The van der Waals surface area contributed by atoms with E-state index in [1.54, 1.807) is 6.07 Å². The van der Waals surface area contributed by atoms with E-state index in [1.165, 1.54) is 5.56 Å². The number of nitrogens with zero attached hydrogens (tertiary/aromatic N) is 2. The first kappa shape index (κ1) is 20.6. The molecular formula is C29H27FN2. The molecular weight excluding hydrogens is 395 g/mol. The van der Waals surface area contributed by atoms with E-state index in [9.17, 15) is 4.39 Å². The molecule has 0 bridgehead atoms. The molecule has 0 saturated heterocycles. The third kappa shape index (κ3) is 3.85. The van der Waals surface area contributed by atoms with Gasteiger partial charge in [-0.05, 0) is 60.7 Å². The molecule has 2 nitrogen and oxygen atoms in total. The molecule has 0 radical (unpaired) electrons. The number of benzene rings is 3. The maximum Gasteiger partial charge on any atom is 0.126 e. The van der Waals surface area contributed by atoms with E-state index in [0.717, 1.165) is 34.1 Å². The van der Waals surface area contributed by atoms with Crippen LogP contribution in [0.15, 0.2) is 91.1 Å². The molecule has 32 heavy (non-hydrogen) atoms. The summed E-state index contributed by atoms with van der Waals surface area (Å²) in [5, 5.41) is 1.10. The van der Waals surface area contributed by atoms with Crippen LogP contribution in [0.25, 0.3) is 17.0 Å². The van der Waals surface area contributed by atoms with E-state index in [0.29, 0.717) is 6.42 Å². The molecule has 160 valence electrons. The topological polar surface area (TPSA) is 16.1 Å². The summed E-state index contributed by atoms with van der Waals surface area (Å²) in [5.74, 6) is -0.117. The molecule has 0 amide bonds. The minimum absolute atomic E-state index is 0.0676. The van der Waals surface area contributed by atoms with Crippen LogP contribution in [0, 0.1) is 5.82 Å². The SMILES string of the molecule is CC1(C)Cc2c(F)cccc2C(c2cnc3ccccc3c2)N1CC=Cc1ccccc1. The van der Waals surface area contributed by atoms with Gasteiger partial charge in [-0.25, -0.2) is 4.39 Å². The van der Waals surface area contributed by atoms with E-state index in [-0.39, 0.29) is 17.4 Å². The Labute approximate surface area is 189 Å². The first-order valence-electron chi connectivity index (χ1n) is 11.1. The van der Waals surface area contributed by atoms with Crippen molar-refractivity contribution < 1.29 is 4.39 Å². The van der Waals surface area contributed by atoms with Crippen LogP contribution in [0.4, 0.5) is 4.39 Å². The largest absolute Gasteiger partial charge is 0.283 e. The van der Waals surface area contributed by atoms with Crippen LogP contribution in [0.5, 0.6) is 0 Å². The van der Waals surface area contributed by atoms with Gasteiger partial charge in [-0.15, -0.1) is 0 Å². The van der Waals surface area contributed by atoms with Crippen molar-refractivity contribution in [3.63, 3.8) is 0 Å². The number of para-hydroxylation sites is 1. The van der Waals surface area contributed by atoms with E-state index >= 15 is 0 Å². The molecule has 1 unspecified atom stereocenters. The standard InChI is InChI=1S/C29H27FN2/c1-29(2)19-25-24(14-8-15-26(25)30)28(23-18-22-13-6-7-16-27(22)31-20-23)32(29)17-9-12-21-10-4-3-5-11-21/h3-16,18,20,28H,17,19H2,1-2H3. The van der Waals surface area contributed by atoms with Crippen LogP contribution >= 0.6 is 0 Å². The highest BCUT2D eigenvalue weighted by molar-refractivity contribution is 5.79. The monoisotopic (exact) mass is 422 g/mol. The summed E-state index contributed by atoms with van der Waals surface area (Å²) >= 11 is 0. The second-order valence-electron chi connectivity index (χ2n) is 9.13. The Balaban J connectivity index is 1.60. The van der Waals surface area contributed by atoms with Crippen molar-refractivity contribution in [3.05, 3.63) is 119 Å². The second-order valence-corrected chi connectivity index (χ2v) is 9.13. The Morgan fingerprint density at radius 3 is 2.62 bits per heavy atom. The molecule has 1 atom stereocenters. The van der Waals surface area contributed by atoms with E-state index < -0.39 is 0 Å². The Hall–Kier alpha value is -3.30. The molecule has 1 aliphatic heterocycles. The van der Waals surface area contributed by atoms with Gasteiger partial charge in [0.15, 0.2) is 0 Å². The zero-order chi connectivity index (χ0) is 22.1. The Morgan fingerprint density at radius 2 is 1.78 bits per heavy atom. The first-order valence-corrected chi connectivity index (χ1v) is 11.1. The van der Waals surface area contributed by atoms with Gasteiger partial charge in [0.05, 0.1) is 11.6 Å². The minimum atomic E-state index is -0.216. The summed E-state index contributed by atoms with van der Waals surface area (Å²) in [6, 6.07) is 26.1. The Bertz CT molecular complexity index is 1280. The average Bonchev–Trinajstić information content (AvgIpc) is 2.80. The van der Waals surface area contributed by atoms with Crippen LogP contribution in [0.3, 0.4) is 0 Å². The molecule has 4 aromatic rings. The van der Waals surface area contributed by atoms with Crippen LogP contribution in [-0.2, 0) is 6.42 Å². The molecule has 1 aliphatic rings. The van der Waals surface area contributed by atoms with Gasteiger partial charge in [0.2, 0.25) is 0 Å². The number of hydrogen-bond acceptors (Lipinski definition) is 2. The lowest BCUT2D eigenvalue weighted by Crippen LogP contribution is -2.51. The minimum Gasteiger partial charge on any atom is -0.283 e. The molecule has 0 saturated carbocycles. The second kappa shape index (κ2) is 8.33. The van der Waals surface area contributed by atoms with Crippen LogP contribution < -0.4 is 0 Å². The number of aromatic nitrogens is 1. The number of fused-ring (bicyclic) bond motifs is 2. The maximum absolute atomic E-state index is 14.9. The molecule has 5 rings (SSSR count). The highest BCUT2D eigenvalue weighted by Crippen LogP contribution is 2.43. The molecule has 2 heterocycles. The van der Waals surface area contributed by atoms with E-state index in [1.807, 2.05) is 48.7 Å². The van der Waals surface area contributed by atoms with Crippen molar-refractivity contribution in [2.45, 2.75) is 31.8 Å². The van der Waals surface area contributed by atoms with Gasteiger partial charge >= 0.3 is 0 Å². The lowest BCUT2D eigenvalue weighted by Gasteiger charge is -2.48. The lowest BCUT2D eigenvalue weighted by molar-refractivity contribution is 0.0845. The molecule has 0 aliphatic carbocycles. The van der Waals surface area contributed by atoms with Crippen LogP contribution in [-0.4, -0.2) is 22.0 Å². The first-order chi connectivity index (χ1) is 15.5. The highest BCUT2D eigenvalue weighted by atomic mass is 19.1. The molecule has 1 aromatic heterocycles. The number of rotatable bonds is 4. The predicted octanol–water partition coefficient (Wildman–Crippen LogP) is 6.81. The van der Waals surface area contributed by atoms with Crippen LogP contribution in [0.1, 0.15) is 42.1 Å². The van der Waals surface area contributed by atoms with Gasteiger partial charge in [-0.2, -0.15) is 0 Å². The van der Waals surface area contributed by atoms with Gasteiger partial charge in [-0.1, -0.05) is 72.8 Å². The Kier molecular flexibility index (Phi) is 5.36. The smallest absolute Gasteiger partial charge is 0.126 e. The third-order valence-corrected chi connectivity index (χ3v) is 6.49.